The molecule has 0 aliphatic carbocycles. The van der Waals surface area contributed by atoms with Gasteiger partial charge in [-0.1, -0.05) is 4.49 Å². The van der Waals surface area contributed by atoms with Gasteiger partial charge in [-0.15, -0.1) is 5.10 Å². The third kappa shape index (κ3) is 1.91. The summed E-state index contributed by atoms with van der Waals surface area (Å²) in [5.74, 6) is 0.00634. The van der Waals surface area contributed by atoms with Crippen LogP contribution in [0.4, 0.5) is 0 Å². The minimum atomic E-state index is 0.00634. The fraction of sp³-hybridized carbons (Fsp3) is 0.625. The van der Waals surface area contributed by atoms with E-state index >= 15 is 0 Å². The predicted molar refractivity (Wildman–Crippen MR) is 53.3 cm³/mol. The van der Waals surface area contributed by atoms with Gasteiger partial charge in [-0.2, -0.15) is 0 Å². The first-order valence-electron chi connectivity index (χ1n) is 4.52. The van der Waals surface area contributed by atoms with E-state index in [4.69, 9.17) is 0 Å². The Morgan fingerprint density at radius 2 is 2.14 bits per heavy atom. The highest BCUT2D eigenvalue weighted by atomic mass is 32.1. The lowest BCUT2D eigenvalue weighted by atomic mass is 10.3. The molecular weight excluding hydrogens is 200 g/mol. The van der Waals surface area contributed by atoms with Crippen LogP contribution in [0.25, 0.3) is 0 Å². The Morgan fingerprint density at radius 1 is 1.43 bits per heavy atom. The van der Waals surface area contributed by atoms with Gasteiger partial charge >= 0.3 is 0 Å². The Kier molecular flexibility index (Phi) is 2.74. The number of carbonyl (C=O) groups is 1. The minimum absolute atomic E-state index is 0.00634. The molecule has 1 aromatic heterocycles. The number of likely N-dealkylation sites (N-methyl/N-ethyl adjacent to an activating group) is 1. The molecule has 1 fully saturated rings. The van der Waals surface area contributed by atoms with Crippen LogP contribution in [0.2, 0.25) is 0 Å². The topological polar surface area (TPSA) is 49.3 Å². The first-order valence-corrected chi connectivity index (χ1v) is 5.36. The van der Waals surface area contributed by atoms with Gasteiger partial charge in [-0.25, -0.2) is 0 Å². The van der Waals surface area contributed by atoms with Crippen LogP contribution < -0.4 is 0 Å². The summed E-state index contributed by atoms with van der Waals surface area (Å²) in [7, 11) is 2.06. The SMILES string of the molecule is CN1CCN(C(=O)c2csnn2)CC1. The van der Waals surface area contributed by atoms with Crippen molar-refractivity contribution in [1.29, 1.82) is 0 Å². The smallest absolute Gasteiger partial charge is 0.275 e. The van der Waals surface area contributed by atoms with Crippen molar-refractivity contribution in [2.75, 3.05) is 33.2 Å². The average Bonchev–Trinajstić information content (AvgIpc) is 2.71. The Bertz CT molecular complexity index is 305. The fourth-order valence-electron chi connectivity index (χ4n) is 1.43. The van der Waals surface area contributed by atoms with Crippen LogP contribution in [0.5, 0.6) is 0 Å². The molecule has 76 valence electrons. The van der Waals surface area contributed by atoms with Gasteiger partial charge in [0.2, 0.25) is 0 Å². The van der Waals surface area contributed by atoms with E-state index in [0.29, 0.717) is 5.69 Å². The summed E-state index contributed by atoms with van der Waals surface area (Å²) >= 11 is 1.21. The van der Waals surface area contributed by atoms with Gasteiger partial charge in [0.25, 0.3) is 5.91 Å². The van der Waals surface area contributed by atoms with E-state index in [2.05, 4.69) is 21.5 Å². The van der Waals surface area contributed by atoms with Gasteiger partial charge in [0, 0.05) is 31.6 Å². The molecule has 0 saturated carbocycles. The Labute approximate surface area is 86.5 Å². The summed E-state index contributed by atoms with van der Waals surface area (Å²) in [4.78, 5) is 15.8. The molecule has 0 radical (unpaired) electrons. The number of rotatable bonds is 1. The Balaban J connectivity index is 1.99. The molecule has 6 heteroatoms. The van der Waals surface area contributed by atoms with Crippen molar-refractivity contribution in [1.82, 2.24) is 19.4 Å². The molecule has 0 atom stereocenters. The number of hydrogen-bond acceptors (Lipinski definition) is 5. The minimum Gasteiger partial charge on any atom is -0.335 e. The van der Waals surface area contributed by atoms with E-state index in [1.807, 2.05) is 4.90 Å². The molecule has 14 heavy (non-hydrogen) atoms. The third-order valence-electron chi connectivity index (χ3n) is 2.37. The highest BCUT2D eigenvalue weighted by Gasteiger charge is 2.21. The van der Waals surface area contributed by atoms with Gasteiger partial charge in [0.15, 0.2) is 5.69 Å². The van der Waals surface area contributed by atoms with Crippen molar-refractivity contribution < 1.29 is 4.79 Å². The molecule has 5 nitrogen and oxygen atoms in total. The molecule has 1 saturated heterocycles. The summed E-state index contributed by atoms with van der Waals surface area (Å²) in [6, 6.07) is 0. The summed E-state index contributed by atoms with van der Waals surface area (Å²) < 4.78 is 3.69. The maximum absolute atomic E-state index is 11.8. The monoisotopic (exact) mass is 212 g/mol. The number of amides is 1. The van der Waals surface area contributed by atoms with Gasteiger partial charge in [-0.05, 0) is 18.6 Å². The number of aromatic nitrogens is 2. The summed E-state index contributed by atoms with van der Waals surface area (Å²) in [5.41, 5.74) is 0.472. The van der Waals surface area contributed by atoms with Crippen molar-refractivity contribution in [3.8, 4) is 0 Å². The maximum Gasteiger partial charge on any atom is 0.275 e. The lowest BCUT2D eigenvalue weighted by Crippen LogP contribution is -2.47. The van der Waals surface area contributed by atoms with E-state index in [0.717, 1.165) is 26.2 Å². The zero-order valence-electron chi connectivity index (χ0n) is 8.01. The molecule has 0 bridgehead atoms. The second-order valence-electron chi connectivity index (χ2n) is 3.39. The third-order valence-corrected chi connectivity index (χ3v) is 2.87. The first-order chi connectivity index (χ1) is 6.77. The average molecular weight is 212 g/mol. The molecule has 0 spiro atoms. The van der Waals surface area contributed by atoms with Crippen molar-refractivity contribution in [3.63, 3.8) is 0 Å². The molecule has 0 aromatic carbocycles. The Hall–Kier alpha value is -1.01. The van der Waals surface area contributed by atoms with Crippen molar-refractivity contribution in [3.05, 3.63) is 11.1 Å². The zero-order valence-corrected chi connectivity index (χ0v) is 8.83. The van der Waals surface area contributed by atoms with Crippen LogP contribution in [-0.4, -0.2) is 58.5 Å². The van der Waals surface area contributed by atoms with Gasteiger partial charge < -0.3 is 9.80 Å². The molecular formula is C8H12N4OS. The fourth-order valence-corrected chi connectivity index (χ4v) is 1.86. The predicted octanol–water partition coefficient (Wildman–Crippen LogP) is -0.0743. The highest BCUT2D eigenvalue weighted by Crippen LogP contribution is 2.06. The van der Waals surface area contributed by atoms with Crippen molar-refractivity contribution >= 4 is 17.4 Å². The van der Waals surface area contributed by atoms with E-state index in [9.17, 15) is 4.79 Å². The van der Waals surface area contributed by atoms with E-state index < -0.39 is 0 Å². The van der Waals surface area contributed by atoms with Gasteiger partial charge in [0.1, 0.15) is 0 Å². The van der Waals surface area contributed by atoms with Crippen molar-refractivity contribution in [2.45, 2.75) is 0 Å². The maximum atomic E-state index is 11.8. The number of nitrogens with zero attached hydrogens (tertiary/aromatic N) is 4. The van der Waals surface area contributed by atoms with Gasteiger partial charge in [0.05, 0.1) is 0 Å². The number of piperazine rings is 1. The molecule has 2 rings (SSSR count). The highest BCUT2D eigenvalue weighted by molar-refractivity contribution is 7.03. The molecule has 1 aromatic rings. The summed E-state index contributed by atoms with van der Waals surface area (Å²) in [6.45, 7) is 3.44. The second-order valence-corrected chi connectivity index (χ2v) is 4.00. The molecule has 1 aliphatic rings. The lowest BCUT2D eigenvalue weighted by Gasteiger charge is -2.31. The van der Waals surface area contributed by atoms with Crippen LogP contribution >= 0.6 is 11.5 Å². The van der Waals surface area contributed by atoms with Crippen LogP contribution in [0.3, 0.4) is 0 Å². The molecule has 1 amide bonds. The second kappa shape index (κ2) is 4.02. The largest absolute Gasteiger partial charge is 0.335 e. The lowest BCUT2D eigenvalue weighted by molar-refractivity contribution is 0.0658. The summed E-state index contributed by atoms with van der Waals surface area (Å²) in [5, 5.41) is 5.47. The Morgan fingerprint density at radius 3 is 2.71 bits per heavy atom. The van der Waals surface area contributed by atoms with E-state index in [1.165, 1.54) is 11.5 Å². The van der Waals surface area contributed by atoms with Crippen molar-refractivity contribution in [2.24, 2.45) is 0 Å². The zero-order chi connectivity index (χ0) is 9.97. The summed E-state index contributed by atoms with van der Waals surface area (Å²) in [6.07, 6.45) is 0. The van der Waals surface area contributed by atoms with Crippen LogP contribution in [0, 0.1) is 0 Å². The number of carbonyl (C=O) groups excluding carboxylic acids is 1. The number of hydrogen-bond donors (Lipinski definition) is 0. The van der Waals surface area contributed by atoms with Crippen LogP contribution in [0.15, 0.2) is 5.38 Å². The standard InChI is InChI=1S/C8H12N4OS/c1-11-2-4-12(5-3-11)8(13)7-6-14-10-9-7/h6H,2-5H2,1H3. The van der Waals surface area contributed by atoms with Gasteiger partial charge in [-0.3, -0.25) is 4.79 Å². The molecule has 1 aliphatic heterocycles. The normalized spacial score (nSPS) is 18.5. The quantitative estimate of drug-likeness (QED) is 0.653. The molecule has 0 unspecified atom stereocenters. The molecule has 0 N–H and O–H groups in total. The van der Waals surface area contributed by atoms with E-state index in [1.54, 1.807) is 5.38 Å². The van der Waals surface area contributed by atoms with E-state index in [-0.39, 0.29) is 5.91 Å². The molecule has 2 heterocycles. The van der Waals surface area contributed by atoms with Crippen LogP contribution in [-0.2, 0) is 0 Å². The first kappa shape index (κ1) is 9.54. The van der Waals surface area contributed by atoms with Crippen LogP contribution in [0.1, 0.15) is 10.5 Å².